The summed E-state index contributed by atoms with van der Waals surface area (Å²) in [6.45, 7) is 1.24. The number of nitrogens with one attached hydrogen (secondary N) is 1. The first-order chi connectivity index (χ1) is 8.40. The number of rotatable bonds is 4. The van der Waals surface area contributed by atoms with Crippen LogP contribution in [0, 0.1) is 0 Å². The normalized spacial score (nSPS) is 9.67. The van der Waals surface area contributed by atoms with Crippen molar-refractivity contribution in [2.75, 3.05) is 18.9 Å². The van der Waals surface area contributed by atoms with Crippen LogP contribution in [-0.4, -0.2) is 46.4 Å². The molecular formula is C11H13N3O4. The van der Waals surface area contributed by atoms with Crippen molar-refractivity contribution in [2.24, 2.45) is 0 Å². The van der Waals surface area contributed by atoms with Gasteiger partial charge in [-0.25, -0.2) is 4.79 Å². The fourth-order valence-electron chi connectivity index (χ4n) is 1.15. The Morgan fingerprint density at radius 1 is 1.39 bits per heavy atom. The first-order valence-corrected chi connectivity index (χ1v) is 5.10. The number of hydrogen-bond donors (Lipinski definition) is 2. The Morgan fingerprint density at radius 3 is 2.61 bits per heavy atom. The van der Waals surface area contributed by atoms with Crippen LogP contribution >= 0.6 is 0 Å². The van der Waals surface area contributed by atoms with Gasteiger partial charge in [-0.15, -0.1) is 0 Å². The van der Waals surface area contributed by atoms with E-state index in [1.807, 2.05) is 0 Å². The third-order valence-electron chi connectivity index (χ3n) is 2.19. The highest BCUT2D eigenvalue weighted by Gasteiger charge is 2.10. The predicted molar refractivity (Wildman–Crippen MR) is 63.1 cm³/mol. The summed E-state index contributed by atoms with van der Waals surface area (Å²) in [5.41, 5.74) is 0.254. The molecule has 7 heteroatoms. The molecule has 0 saturated carbocycles. The van der Waals surface area contributed by atoms with E-state index in [1.54, 1.807) is 0 Å². The third-order valence-corrected chi connectivity index (χ3v) is 2.19. The van der Waals surface area contributed by atoms with Gasteiger partial charge < -0.3 is 15.3 Å². The molecule has 1 rings (SSSR count). The van der Waals surface area contributed by atoms with Gasteiger partial charge in [0.2, 0.25) is 11.8 Å². The smallest absolute Gasteiger partial charge is 0.337 e. The van der Waals surface area contributed by atoms with Crippen molar-refractivity contribution in [1.82, 2.24) is 9.88 Å². The molecule has 2 amide bonds. The topological polar surface area (TPSA) is 99.6 Å². The van der Waals surface area contributed by atoms with E-state index < -0.39 is 11.9 Å². The van der Waals surface area contributed by atoms with E-state index in [0.717, 1.165) is 0 Å². The summed E-state index contributed by atoms with van der Waals surface area (Å²) >= 11 is 0. The van der Waals surface area contributed by atoms with Crippen LogP contribution in [0.4, 0.5) is 5.69 Å². The van der Waals surface area contributed by atoms with Crippen LogP contribution in [0.25, 0.3) is 0 Å². The SMILES string of the molecule is CC(=O)N(C)CC(=O)Nc1cncc(C(=O)O)c1. The molecule has 0 bridgehead atoms. The molecular weight excluding hydrogens is 238 g/mol. The zero-order valence-corrected chi connectivity index (χ0v) is 10.0. The van der Waals surface area contributed by atoms with Gasteiger partial charge in [-0.3, -0.25) is 14.6 Å². The molecule has 1 aromatic rings. The Kier molecular flexibility index (Phi) is 4.36. The maximum absolute atomic E-state index is 11.5. The molecule has 1 aromatic heterocycles. The third kappa shape index (κ3) is 3.85. The second-order valence-electron chi connectivity index (χ2n) is 3.69. The summed E-state index contributed by atoms with van der Waals surface area (Å²) < 4.78 is 0. The van der Waals surface area contributed by atoms with E-state index in [2.05, 4.69) is 10.3 Å². The second kappa shape index (κ2) is 5.76. The van der Waals surface area contributed by atoms with Crippen molar-refractivity contribution in [3.8, 4) is 0 Å². The Bertz CT molecular complexity index is 487. The van der Waals surface area contributed by atoms with Gasteiger partial charge in [0.15, 0.2) is 0 Å². The van der Waals surface area contributed by atoms with Crippen LogP contribution in [0.3, 0.4) is 0 Å². The van der Waals surface area contributed by atoms with E-state index in [9.17, 15) is 14.4 Å². The van der Waals surface area contributed by atoms with Gasteiger partial charge in [0, 0.05) is 20.2 Å². The van der Waals surface area contributed by atoms with Crippen LogP contribution < -0.4 is 5.32 Å². The fraction of sp³-hybridized carbons (Fsp3) is 0.273. The Morgan fingerprint density at radius 2 is 2.06 bits per heavy atom. The number of nitrogens with zero attached hydrogens (tertiary/aromatic N) is 2. The summed E-state index contributed by atoms with van der Waals surface area (Å²) in [5, 5.41) is 11.2. The molecule has 0 aliphatic rings. The first kappa shape index (κ1) is 13.6. The predicted octanol–water partition coefficient (Wildman–Crippen LogP) is 0.197. The number of pyridine rings is 1. The van der Waals surface area contributed by atoms with Gasteiger partial charge >= 0.3 is 5.97 Å². The van der Waals surface area contributed by atoms with Crippen LogP contribution in [0.5, 0.6) is 0 Å². The number of hydrogen-bond acceptors (Lipinski definition) is 4. The molecule has 0 radical (unpaired) electrons. The van der Waals surface area contributed by atoms with Crippen LogP contribution in [0.2, 0.25) is 0 Å². The number of amides is 2. The number of carboxylic acid groups (broad SMARTS) is 1. The van der Waals surface area contributed by atoms with E-state index >= 15 is 0 Å². The minimum Gasteiger partial charge on any atom is -0.478 e. The second-order valence-corrected chi connectivity index (χ2v) is 3.69. The number of carbonyl (C=O) groups is 3. The monoisotopic (exact) mass is 251 g/mol. The van der Waals surface area contributed by atoms with E-state index in [4.69, 9.17) is 5.11 Å². The summed E-state index contributed by atoms with van der Waals surface area (Å²) in [5.74, 6) is -1.78. The molecule has 1 heterocycles. The average Bonchev–Trinajstić information content (AvgIpc) is 2.28. The number of aromatic nitrogens is 1. The maximum atomic E-state index is 11.5. The van der Waals surface area contributed by atoms with Gasteiger partial charge in [-0.1, -0.05) is 0 Å². The minimum absolute atomic E-state index is 0.0206. The molecule has 0 aliphatic heterocycles. The number of aromatic carboxylic acids is 1. The molecule has 7 nitrogen and oxygen atoms in total. The average molecular weight is 251 g/mol. The summed E-state index contributed by atoms with van der Waals surface area (Å²) in [6.07, 6.45) is 2.51. The van der Waals surface area contributed by atoms with Gasteiger partial charge in [-0.2, -0.15) is 0 Å². The molecule has 0 unspecified atom stereocenters. The van der Waals surface area contributed by atoms with Crippen molar-refractivity contribution in [2.45, 2.75) is 6.92 Å². The highest BCUT2D eigenvalue weighted by molar-refractivity contribution is 5.95. The number of anilines is 1. The number of carbonyl (C=O) groups excluding carboxylic acids is 2. The highest BCUT2D eigenvalue weighted by Crippen LogP contribution is 2.08. The zero-order valence-electron chi connectivity index (χ0n) is 10.0. The highest BCUT2D eigenvalue weighted by atomic mass is 16.4. The number of likely N-dealkylation sites (N-methyl/N-ethyl adjacent to an activating group) is 1. The Balaban J connectivity index is 2.67. The molecule has 96 valence electrons. The van der Waals surface area contributed by atoms with Crippen LogP contribution in [0.1, 0.15) is 17.3 Å². The standard InChI is InChI=1S/C11H13N3O4/c1-7(15)14(2)6-10(16)13-9-3-8(11(17)18)4-12-5-9/h3-5H,6H2,1-2H3,(H,13,16)(H,17,18). The molecule has 0 atom stereocenters. The molecule has 2 N–H and O–H groups in total. The van der Waals surface area contributed by atoms with Crippen molar-refractivity contribution in [3.63, 3.8) is 0 Å². The first-order valence-electron chi connectivity index (χ1n) is 5.10. The van der Waals surface area contributed by atoms with E-state index in [0.29, 0.717) is 0 Å². The Hall–Kier alpha value is -2.44. The van der Waals surface area contributed by atoms with Crippen molar-refractivity contribution >= 4 is 23.5 Å². The summed E-state index contributed by atoms with van der Waals surface area (Å²) in [6, 6.07) is 1.29. The largest absolute Gasteiger partial charge is 0.478 e. The number of carboxylic acids is 1. The van der Waals surface area contributed by atoms with E-state index in [1.165, 1.54) is 37.3 Å². The Labute approximate surface area is 103 Å². The lowest BCUT2D eigenvalue weighted by Gasteiger charge is -2.14. The molecule has 0 saturated heterocycles. The zero-order chi connectivity index (χ0) is 13.7. The lowest BCUT2D eigenvalue weighted by molar-refractivity contribution is -0.131. The van der Waals surface area contributed by atoms with Gasteiger partial charge in [0.05, 0.1) is 24.0 Å². The van der Waals surface area contributed by atoms with Crippen molar-refractivity contribution in [3.05, 3.63) is 24.0 Å². The fourth-order valence-corrected chi connectivity index (χ4v) is 1.15. The molecule has 0 fully saturated rings. The van der Waals surface area contributed by atoms with Gasteiger partial charge in [-0.05, 0) is 6.07 Å². The van der Waals surface area contributed by atoms with Crippen molar-refractivity contribution in [1.29, 1.82) is 0 Å². The quantitative estimate of drug-likeness (QED) is 0.796. The van der Waals surface area contributed by atoms with E-state index in [-0.39, 0.29) is 23.7 Å². The molecule has 0 spiro atoms. The van der Waals surface area contributed by atoms with Gasteiger partial charge in [0.25, 0.3) is 0 Å². The summed E-state index contributed by atoms with van der Waals surface area (Å²) in [4.78, 5) is 38.1. The molecule has 18 heavy (non-hydrogen) atoms. The maximum Gasteiger partial charge on any atom is 0.337 e. The van der Waals surface area contributed by atoms with Crippen molar-refractivity contribution < 1.29 is 19.5 Å². The minimum atomic E-state index is -1.13. The van der Waals surface area contributed by atoms with Crippen LogP contribution in [-0.2, 0) is 9.59 Å². The molecule has 0 aromatic carbocycles. The summed E-state index contributed by atoms with van der Waals surface area (Å²) in [7, 11) is 1.49. The lowest BCUT2D eigenvalue weighted by Crippen LogP contribution is -2.33. The lowest BCUT2D eigenvalue weighted by atomic mass is 10.2. The molecule has 0 aliphatic carbocycles. The van der Waals surface area contributed by atoms with Gasteiger partial charge in [0.1, 0.15) is 0 Å². The van der Waals surface area contributed by atoms with Crippen LogP contribution in [0.15, 0.2) is 18.5 Å².